The number of phenols is 1. The van der Waals surface area contributed by atoms with Crippen LogP contribution in [-0.2, 0) is 44.8 Å². The summed E-state index contributed by atoms with van der Waals surface area (Å²) in [6, 6.07) is -1.71. The fourth-order valence-electron chi connectivity index (χ4n) is 4.21. The summed E-state index contributed by atoms with van der Waals surface area (Å²) in [5.41, 5.74) is 12.0. The van der Waals surface area contributed by atoms with E-state index in [0.29, 0.717) is 12.0 Å². The molecule has 0 spiro atoms. The Hall–Kier alpha value is -5.34. The second-order valence-electron chi connectivity index (χ2n) is 10.8. The number of aromatic hydroxyl groups is 1. The van der Waals surface area contributed by atoms with E-state index in [-0.39, 0.29) is 31.6 Å². The van der Waals surface area contributed by atoms with Crippen LogP contribution in [0.5, 0.6) is 5.75 Å². The van der Waals surface area contributed by atoms with Gasteiger partial charge in [0, 0.05) is 6.42 Å². The zero-order valence-corrected chi connectivity index (χ0v) is 26.4. The lowest BCUT2D eigenvalue weighted by Gasteiger charge is -2.25. The highest BCUT2D eigenvalue weighted by Gasteiger charge is 2.32. The van der Waals surface area contributed by atoms with Crippen LogP contribution in [0.4, 0.5) is 0 Å². The molecule has 0 aliphatic heterocycles. The number of aliphatic hydroxyl groups excluding tert-OH is 1. The van der Waals surface area contributed by atoms with Gasteiger partial charge in [0.05, 0.1) is 25.6 Å². The molecule has 49 heavy (non-hydrogen) atoms. The molecule has 272 valence electrons. The van der Waals surface area contributed by atoms with Gasteiger partial charge in [-0.3, -0.25) is 33.6 Å². The van der Waals surface area contributed by atoms with Gasteiger partial charge in [0.25, 0.3) is 0 Å². The normalized spacial score (nSPS) is 13.8. The number of carbonyl (C=O) groups excluding carboxylic acids is 5. The number of rotatable bonds is 23. The lowest BCUT2D eigenvalue weighted by molar-refractivity contribution is -0.147. The summed E-state index contributed by atoms with van der Waals surface area (Å²) in [5, 5.41) is 57.4. The number of carbonyl (C=O) groups is 8. The average Bonchev–Trinajstić information content (AvgIpc) is 3.03. The maximum atomic E-state index is 13.2. The van der Waals surface area contributed by atoms with Gasteiger partial charge in [-0.1, -0.05) is 12.1 Å². The van der Waals surface area contributed by atoms with Gasteiger partial charge in [0.2, 0.25) is 29.5 Å². The van der Waals surface area contributed by atoms with Crippen molar-refractivity contribution in [3.63, 3.8) is 0 Å². The van der Waals surface area contributed by atoms with E-state index in [2.05, 4.69) is 21.3 Å². The molecule has 0 bridgehead atoms. The van der Waals surface area contributed by atoms with Crippen molar-refractivity contribution in [3.05, 3.63) is 29.8 Å². The molecule has 5 atom stereocenters. The maximum Gasteiger partial charge on any atom is 0.326 e. The lowest BCUT2D eigenvalue weighted by atomic mass is 10.1. The number of hydrogen-bond donors (Lipinski definition) is 12. The first-order valence-corrected chi connectivity index (χ1v) is 15.1. The van der Waals surface area contributed by atoms with Crippen LogP contribution in [0.3, 0.4) is 0 Å². The number of aliphatic carboxylic acids is 3. The number of nitrogens with one attached hydrogen (secondary N) is 5. The predicted octanol–water partition coefficient (Wildman–Crippen LogP) is -4.14. The SMILES string of the molecule is NCCCC[C@H](NC(=O)[C@H](CO)NC(=O)CNC(=O)[C@@H](N)Cc1ccc(O)cc1)C(=O)N[C@@H](CCC(=O)O)C(=O)N[C@@H](CC(=O)O)C(=O)O. The molecule has 1 aromatic carbocycles. The summed E-state index contributed by atoms with van der Waals surface area (Å²) in [7, 11) is 0. The van der Waals surface area contributed by atoms with E-state index in [1.165, 1.54) is 12.1 Å². The van der Waals surface area contributed by atoms with E-state index in [1.807, 2.05) is 5.32 Å². The lowest BCUT2D eigenvalue weighted by Crippen LogP contribution is -2.59. The largest absolute Gasteiger partial charge is 0.508 e. The van der Waals surface area contributed by atoms with E-state index in [0.717, 1.165) is 0 Å². The smallest absolute Gasteiger partial charge is 0.326 e. The van der Waals surface area contributed by atoms with Gasteiger partial charge in [-0.25, -0.2) is 4.79 Å². The van der Waals surface area contributed by atoms with Crippen LogP contribution < -0.4 is 38.1 Å². The molecule has 0 heterocycles. The summed E-state index contributed by atoms with van der Waals surface area (Å²) in [4.78, 5) is 97.4. The standard InChI is InChI=1S/C29H43N7O13/c30-10-2-1-3-18(26(45)35-19(8-9-23(40)41)27(46)36-20(29(48)49)12-24(42)43)34-28(47)21(14-37)33-22(39)13-32-25(44)17(31)11-15-4-6-16(38)7-5-15/h4-7,17-21,37-38H,1-3,8-14,30-31H2,(H,32,44)(H,33,39)(H,34,47)(H,35,45)(H,36,46)(H,40,41)(H,42,43)(H,48,49)/t17-,18-,19-,20-,21-/m0/s1. The van der Waals surface area contributed by atoms with Gasteiger partial charge in [-0.15, -0.1) is 0 Å². The molecule has 1 aromatic rings. The van der Waals surface area contributed by atoms with Gasteiger partial charge in [-0.05, 0) is 56.3 Å². The van der Waals surface area contributed by atoms with E-state index in [9.17, 15) is 53.7 Å². The molecule has 20 nitrogen and oxygen atoms in total. The second-order valence-corrected chi connectivity index (χ2v) is 10.8. The summed E-state index contributed by atoms with van der Waals surface area (Å²) >= 11 is 0. The third-order valence-electron chi connectivity index (χ3n) is 6.84. The first-order chi connectivity index (χ1) is 23.1. The Morgan fingerprint density at radius 2 is 1.24 bits per heavy atom. The second kappa shape index (κ2) is 21.5. The molecule has 0 saturated heterocycles. The first kappa shape index (κ1) is 41.7. The molecule has 20 heteroatoms. The molecule has 0 radical (unpaired) electrons. The van der Waals surface area contributed by atoms with Gasteiger partial charge < -0.3 is 63.6 Å². The topological polar surface area (TPSA) is 350 Å². The third kappa shape index (κ3) is 16.4. The van der Waals surface area contributed by atoms with E-state index in [4.69, 9.17) is 21.7 Å². The van der Waals surface area contributed by atoms with Crippen molar-refractivity contribution in [2.24, 2.45) is 11.5 Å². The Bertz CT molecular complexity index is 1330. The van der Waals surface area contributed by atoms with Gasteiger partial charge in [0.1, 0.15) is 29.9 Å². The van der Waals surface area contributed by atoms with Crippen molar-refractivity contribution in [2.45, 2.75) is 75.2 Å². The van der Waals surface area contributed by atoms with Crippen molar-refractivity contribution in [3.8, 4) is 5.75 Å². The van der Waals surface area contributed by atoms with E-state index >= 15 is 0 Å². The molecule has 0 aliphatic rings. The third-order valence-corrected chi connectivity index (χ3v) is 6.84. The zero-order chi connectivity index (χ0) is 37.1. The van der Waals surface area contributed by atoms with Crippen molar-refractivity contribution in [2.75, 3.05) is 19.7 Å². The van der Waals surface area contributed by atoms with Crippen molar-refractivity contribution >= 4 is 47.4 Å². The molecule has 0 unspecified atom stereocenters. The maximum absolute atomic E-state index is 13.2. The van der Waals surface area contributed by atoms with Crippen LogP contribution in [0.15, 0.2) is 24.3 Å². The van der Waals surface area contributed by atoms with Crippen LogP contribution in [0.25, 0.3) is 0 Å². The van der Waals surface area contributed by atoms with Crippen LogP contribution >= 0.6 is 0 Å². The molecule has 0 aromatic heterocycles. The molecule has 0 fully saturated rings. The molecule has 0 aliphatic carbocycles. The molecular weight excluding hydrogens is 654 g/mol. The molecule has 14 N–H and O–H groups in total. The molecule has 0 saturated carbocycles. The Morgan fingerprint density at radius 3 is 1.76 bits per heavy atom. The number of unbranched alkanes of at least 4 members (excludes halogenated alkanes) is 1. The number of amides is 5. The van der Waals surface area contributed by atoms with Gasteiger partial charge >= 0.3 is 17.9 Å². The number of benzene rings is 1. The Morgan fingerprint density at radius 1 is 0.694 bits per heavy atom. The van der Waals surface area contributed by atoms with Gasteiger partial charge in [-0.2, -0.15) is 0 Å². The number of carboxylic acids is 3. The fraction of sp³-hybridized carbons (Fsp3) is 0.517. The predicted molar refractivity (Wildman–Crippen MR) is 167 cm³/mol. The summed E-state index contributed by atoms with van der Waals surface area (Å²) in [5.74, 6) is -9.44. The van der Waals surface area contributed by atoms with E-state index in [1.54, 1.807) is 12.1 Å². The monoisotopic (exact) mass is 697 g/mol. The quantitative estimate of drug-likeness (QED) is 0.0483. The van der Waals surface area contributed by atoms with Crippen molar-refractivity contribution in [1.82, 2.24) is 26.6 Å². The zero-order valence-electron chi connectivity index (χ0n) is 26.4. The van der Waals surface area contributed by atoms with Gasteiger partial charge in [0.15, 0.2) is 0 Å². The highest BCUT2D eigenvalue weighted by molar-refractivity contribution is 5.96. The average molecular weight is 698 g/mol. The molecule has 5 amide bonds. The number of nitrogens with two attached hydrogens (primary N) is 2. The highest BCUT2D eigenvalue weighted by Crippen LogP contribution is 2.11. The van der Waals surface area contributed by atoms with Crippen LogP contribution in [0.2, 0.25) is 0 Å². The van der Waals surface area contributed by atoms with Crippen molar-refractivity contribution in [1.29, 1.82) is 0 Å². The number of hydrogen-bond acceptors (Lipinski definition) is 12. The molecular formula is C29H43N7O13. The minimum absolute atomic E-state index is 0.0244. The minimum atomic E-state index is -1.90. The van der Waals surface area contributed by atoms with Crippen LogP contribution in [-0.4, -0.2) is 123 Å². The Balaban J connectivity index is 2.94. The van der Waals surface area contributed by atoms with E-state index < -0.39 is 110 Å². The Kier molecular flexibility index (Phi) is 18.3. The summed E-state index contributed by atoms with van der Waals surface area (Å²) < 4.78 is 0. The Labute approximate surface area is 280 Å². The minimum Gasteiger partial charge on any atom is -0.508 e. The fourth-order valence-corrected chi connectivity index (χ4v) is 4.21. The number of phenolic OH excluding ortho intramolecular Hbond substituents is 1. The van der Waals surface area contributed by atoms with Crippen molar-refractivity contribution < 1.29 is 63.9 Å². The summed E-state index contributed by atoms with van der Waals surface area (Å²) in [6.07, 6.45) is -1.52. The summed E-state index contributed by atoms with van der Waals surface area (Å²) in [6.45, 7) is -1.36. The number of carboxylic acid groups (broad SMARTS) is 3. The number of aliphatic hydroxyl groups is 1. The van der Waals surface area contributed by atoms with Crippen LogP contribution in [0, 0.1) is 0 Å². The molecule has 1 rings (SSSR count). The first-order valence-electron chi connectivity index (χ1n) is 15.1. The van der Waals surface area contributed by atoms with Crippen LogP contribution in [0.1, 0.15) is 44.1 Å². The highest BCUT2D eigenvalue weighted by atomic mass is 16.4.